The number of fused-ring (bicyclic) bond motifs is 1. The van der Waals surface area contributed by atoms with Gasteiger partial charge >= 0.3 is 0 Å². The van der Waals surface area contributed by atoms with Crippen LogP contribution in [0.3, 0.4) is 0 Å². The van der Waals surface area contributed by atoms with Crippen LogP contribution in [0.1, 0.15) is 10.4 Å². The summed E-state index contributed by atoms with van der Waals surface area (Å²) >= 11 is 0. The number of rotatable bonds is 2. The van der Waals surface area contributed by atoms with Crippen LogP contribution in [0.2, 0.25) is 0 Å². The Balaban J connectivity index is 2.04. The summed E-state index contributed by atoms with van der Waals surface area (Å²) in [6.45, 7) is 0. The van der Waals surface area contributed by atoms with E-state index in [-0.39, 0.29) is 5.56 Å². The van der Waals surface area contributed by atoms with Crippen molar-refractivity contribution in [3.63, 3.8) is 0 Å². The second-order valence-electron chi connectivity index (χ2n) is 4.64. The van der Waals surface area contributed by atoms with Crippen molar-refractivity contribution in [2.45, 2.75) is 0 Å². The van der Waals surface area contributed by atoms with Crippen molar-refractivity contribution >= 4 is 28.2 Å². The van der Waals surface area contributed by atoms with Crippen molar-refractivity contribution < 1.29 is 4.79 Å². The molecule has 3 rings (SSSR count). The van der Waals surface area contributed by atoms with Gasteiger partial charge in [0.25, 0.3) is 11.5 Å². The number of nitrogen functional groups attached to an aromatic ring is 1. The topological polar surface area (TPSA) is 88.0 Å². The lowest BCUT2D eigenvalue weighted by molar-refractivity contribution is 0.102. The lowest BCUT2D eigenvalue weighted by Gasteiger charge is -2.07. The first-order valence-electron chi connectivity index (χ1n) is 6.43. The van der Waals surface area contributed by atoms with Gasteiger partial charge in [0.2, 0.25) is 0 Å². The van der Waals surface area contributed by atoms with Gasteiger partial charge in [-0.3, -0.25) is 9.59 Å². The molecule has 0 fully saturated rings. The fourth-order valence-corrected chi connectivity index (χ4v) is 2.14. The van der Waals surface area contributed by atoms with E-state index in [1.807, 2.05) is 6.07 Å². The van der Waals surface area contributed by atoms with Gasteiger partial charge < -0.3 is 16.0 Å². The van der Waals surface area contributed by atoms with Gasteiger partial charge in [0.05, 0.1) is 5.52 Å². The first-order chi connectivity index (χ1) is 10.1. The number of benzene rings is 2. The molecule has 104 valence electrons. The number of aromatic nitrogens is 1. The van der Waals surface area contributed by atoms with Gasteiger partial charge in [-0.05, 0) is 30.3 Å². The SMILES string of the molecule is Nc1cccc2[nH]c(=O)c(C(=O)Nc3ccccc3)cc12. The van der Waals surface area contributed by atoms with Gasteiger partial charge in [0.15, 0.2) is 0 Å². The number of pyridine rings is 1. The van der Waals surface area contributed by atoms with Crippen LogP contribution in [0.15, 0.2) is 59.4 Å². The maximum absolute atomic E-state index is 12.2. The average Bonchev–Trinajstić information content (AvgIpc) is 2.48. The lowest BCUT2D eigenvalue weighted by atomic mass is 10.1. The summed E-state index contributed by atoms with van der Waals surface area (Å²) in [5.74, 6) is -0.465. The Morgan fingerprint density at radius 1 is 1.05 bits per heavy atom. The smallest absolute Gasteiger partial charge is 0.261 e. The number of carbonyl (C=O) groups is 1. The van der Waals surface area contributed by atoms with Crippen molar-refractivity contribution in [3.8, 4) is 0 Å². The van der Waals surface area contributed by atoms with Crippen molar-refractivity contribution in [1.82, 2.24) is 4.98 Å². The molecule has 1 heterocycles. The maximum atomic E-state index is 12.2. The first-order valence-corrected chi connectivity index (χ1v) is 6.43. The zero-order valence-corrected chi connectivity index (χ0v) is 11.1. The predicted octanol–water partition coefficient (Wildman–Crippen LogP) is 2.36. The predicted molar refractivity (Wildman–Crippen MR) is 83.4 cm³/mol. The minimum Gasteiger partial charge on any atom is -0.398 e. The van der Waals surface area contributed by atoms with Gasteiger partial charge in [-0.15, -0.1) is 0 Å². The Morgan fingerprint density at radius 3 is 2.57 bits per heavy atom. The van der Waals surface area contributed by atoms with Crippen LogP contribution in [0, 0.1) is 0 Å². The highest BCUT2D eigenvalue weighted by Crippen LogP contribution is 2.18. The van der Waals surface area contributed by atoms with E-state index in [4.69, 9.17) is 5.73 Å². The summed E-state index contributed by atoms with van der Waals surface area (Å²) in [6, 6.07) is 15.7. The van der Waals surface area contributed by atoms with E-state index >= 15 is 0 Å². The highest BCUT2D eigenvalue weighted by atomic mass is 16.2. The molecular weight excluding hydrogens is 266 g/mol. The standard InChI is InChI=1S/C16H13N3O2/c17-13-7-4-8-14-11(13)9-12(16(21)19-14)15(20)18-10-5-2-1-3-6-10/h1-9H,17H2,(H,18,20)(H,19,21). The number of nitrogens with two attached hydrogens (primary N) is 1. The van der Waals surface area contributed by atoms with Crippen LogP contribution >= 0.6 is 0 Å². The van der Waals surface area contributed by atoms with Crippen molar-refractivity contribution in [1.29, 1.82) is 0 Å². The van der Waals surface area contributed by atoms with Crippen LogP contribution < -0.4 is 16.6 Å². The molecule has 1 amide bonds. The van der Waals surface area contributed by atoms with Gasteiger partial charge in [0.1, 0.15) is 5.56 Å². The van der Waals surface area contributed by atoms with E-state index in [0.717, 1.165) is 0 Å². The quantitative estimate of drug-likeness (QED) is 0.629. The molecule has 21 heavy (non-hydrogen) atoms. The molecule has 0 unspecified atom stereocenters. The molecule has 1 aromatic heterocycles. The van der Waals surface area contributed by atoms with Crippen LogP contribution in [0.25, 0.3) is 10.9 Å². The highest BCUT2D eigenvalue weighted by Gasteiger charge is 2.13. The van der Waals surface area contributed by atoms with Crippen LogP contribution in [0.4, 0.5) is 11.4 Å². The molecule has 0 saturated carbocycles. The first kappa shape index (κ1) is 12.9. The normalized spacial score (nSPS) is 10.5. The largest absolute Gasteiger partial charge is 0.398 e. The molecule has 0 aliphatic rings. The fourth-order valence-electron chi connectivity index (χ4n) is 2.14. The Morgan fingerprint density at radius 2 is 1.81 bits per heavy atom. The lowest BCUT2D eigenvalue weighted by Crippen LogP contribution is -2.23. The van der Waals surface area contributed by atoms with E-state index in [1.54, 1.807) is 42.5 Å². The molecule has 0 saturated heterocycles. The number of aromatic amines is 1. The molecule has 5 heteroatoms. The maximum Gasteiger partial charge on any atom is 0.261 e. The molecule has 0 aliphatic heterocycles. The van der Waals surface area contributed by atoms with Gasteiger partial charge in [0, 0.05) is 16.8 Å². The minimum absolute atomic E-state index is 0.0317. The Bertz CT molecular complexity index is 870. The molecular formula is C16H13N3O2. The monoisotopic (exact) mass is 279 g/mol. The van der Waals surface area contributed by atoms with Gasteiger partial charge in [-0.2, -0.15) is 0 Å². The van der Waals surface area contributed by atoms with Gasteiger partial charge in [-0.1, -0.05) is 24.3 Å². The molecule has 0 atom stereocenters. The zero-order chi connectivity index (χ0) is 14.8. The summed E-state index contributed by atoms with van der Waals surface area (Å²) in [5, 5.41) is 3.33. The van der Waals surface area contributed by atoms with E-state index in [9.17, 15) is 9.59 Å². The molecule has 0 bridgehead atoms. The van der Waals surface area contributed by atoms with E-state index in [0.29, 0.717) is 22.3 Å². The highest BCUT2D eigenvalue weighted by molar-refractivity contribution is 6.06. The van der Waals surface area contributed by atoms with Gasteiger partial charge in [-0.25, -0.2) is 0 Å². The minimum atomic E-state index is -0.465. The number of para-hydroxylation sites is 1. The molecule has 4 N–H and O–H groups in total. The third-order valence-electron chi connectivity index (χ3n) is 3.20. The number of nitrogens with one attached hydrogen (secondary N) is 2. The molecule has 0 radical (unpaired) electrons. The average molecular weight is 279 g/mol. The second-order valence-corrected chi connectivity index (χ2v) is 4.64. The summed E-state index contributed by atoms with van der Waals surface area (Å²) in [7, 11) is 0. The van der Waals surface area contributed by atoms with Crippen molar-refractivity contribution in [2.24, 2.45) is 0 Å². The molecule has 0 spiro atoms. The summed E-state index contributed by atoms with van der Waals surface area (Å²) < 4.78 is 0. The third-order valence-corrected chi connectivity index (χ3v) is 3.20. The Kier molecular flexibility index (Phi) is 3.16. The summed E-state index contributed by atoms with van der Waals surface area (Å²) in [6.07, 6.45) is 0. The van der Waals surface area contributed by atoms with Crippen molar-refractivity contribution in [3.05, 3.63) is 70.5 Å². The van der Waals surface area contributed by atoms with E-state index < -0.39 is 11.5 Å². The summed E-state index contributed by atoms with van der Waals surface area (Å²) in [5.41, 5.74) is 7.21. The second kappa shape index (κ2) is 5.13. The molecule has 3 aromatic rings. The Labute approximate surface area is 120 Å². The van der Waals surface area contributed by atoms with Crippen LogP contribution in [0.5, 0.6) is 0 Å². The van der Waals surface area contributed by atoms with Crippen molar-refractivity contribution in [2.75, 3.05) is 11.1 Å². The molecule has 2 aromatic carbocycles. The Hall–Kier alpha value is -3.08. The number of hydrogen-bond donors (Lipinski definition) is 3. The van der Waals surface area contributed by atoms with E-state index in [2.05, 4.69) is 10.3 Å². The number of carbonyl (C=O) groups excluding carboxylic acids is 1. The number of hydrogen-bond acceptors (Lipinski definition) is 3. The van der Waals surface area contributed by atoms with Crippen LogP contribution in [-0.4, -0.2) is 10.9 Å². The third kappa shape index (κ3) is 2.49. The van der Waals surface area contributed by atoms with Crippen LogP contribution in [-0.2, 0) is 0 Å². The van der Waals surface area contributed by atoms with E-state index in [1.165, 1.54) is 6.07 Å². The number of H-pyrrole nitrogens is 1. The molecule has 5 nitrogen and oxygen atoms in total. The fraction of sp³-hybridized carbons (Fsp3) is 0. The summed E-state index contributed by atoms with van der Waals surface area (Å²) in [4.78, 5) is 26.9. The zero-order valence-electron chi connectivity index (χ0n) is 11.1. The molecule has 0 aliphatic carbocycles. The number of amides is 1. The number of anilines is 2.